The van der Waals surface area contributed by atoms with Crippen LogP contribution in [-0.4, -0.2) is 39.9 Å². The molecule has 0 aliphatic carbocycles. The van der Waals surface area contributed by atoms with E-state index < -0.39 is 0 Å². The normalized spacial score (nSPS) is 11.1. The molecule has 0 spiro atoms. The van der Waals surface area contributed by atoms with E-state index in [4.69, 9.17) is 34.9 Å². The highest BCUT2D eigenvalue weighted by atomic mass is 15.0. The molecule has 0 N–H and O–H groups in total. The average Bonchev–Trinajstić information content (AvgIpc) is 0.780. The standard InChI is InChI=1S/C54H36N4.C42H28N4/c1-5-15-40(16-6-1)50-35-45(36-51(55-50)41-17-7-2-8-18-41)37-25-27-38(28-26-37)46-33-34-47(49-24-14-13-23-48(46)49)39-29-31-44(32-30-39)54-57-52(42-19-9-3-10-20-42)56-53(58-54)43-21-11-4-12-22-43;1-3-9-33(10-4-1)40-44-41(34-11-5-2-6-12-34)46-42(45-40)35-21-19-32(20-22-35)37-24-23-36(38-13-7-8-14-39(37)38)31-17-15-29(16-18-31)30-25-27-43-28-26-30/h1-36H;1-28H. The van der Waals surface area contributed by atoms with E-state index in [0.717, 1.165) is 83.7 Å². The van der Waals surface area contributed by atoms with Crippen LogP contribution in [-0.2, 0) is 0 Å². The Morgan fingerprint density at radius 2 is 0.337 bits per heavy atom. The zero-order chi connectivity index (χ0) is 69.4. The van der Waals surface area contributed by atoms with Gasteiger partial charge in [-0.2, -0.15) is 0 Å². The maximum absolute atomic E-state index is 5.07. The Morgan fingerprint density at radius 3 is 0.606 bits per heavy atom. The van der Waals surface area contributed by atoms with Gasteiger partial charge in [0.2, 0.25) is 0 Å². The van der Waals surface area contributed by atoms with Crippen LogP contribution in [0.4, 0.5) is 0 Å². The molecular formula is C96H64N8. The number of hydrogen-bond acceptors (Lipinski definition) is 8. The van der Waals surface area contributed by atoms with Gasteiger partial charge in [-0.05, 0) is 113 Å². The second-order valence-corrected chi connectivity index (χ2v) is 25.4. The third-order valence-electron chi connectivity index (χ3n) is 18.9. The van der Waals surface area contributed by atoms with E-state index in [1.807, 2.05) is 158 Å². The summed E-state index contributed by atoms with van der Waals surface area (Å²) in [6.07, 6.45) is 3.66. The number of benzene rings is 14. The summed E-state index contributed by atoms with van der Waals surface area (Å²) in [6, 6.07) is 131. The van der Waals surface area contributed by atoms with Crippen molar-refractivity contribution in [1.29, 1.82) is 0 Å². The van der Waals surface area contributed by atoms with Crippen molar-refractivity contribution in [2.75, 3.05) is 0 Å². The van der Waals surface area contributed by atoms with Gasteiger partial charge in [0.05, 0.1) is 11.4 Å². The Kier molecular flexibility index (Phi) is 17.7. The lowest BCUT2D eigenvalue weighted by atomic mass is 9.91. The van der Waals surface area contributed by atoms with Crippen LogP contribution in [0.1, 0.15) is 0 Å². The maximum Gasteiger partial charge on any atom is 0.164 e. The Balaban J connectivity index is 0.000000158. The summed E-state index contributed by atoms with van der Waals surface area (Å²) < 4.78 is 0. The molecule has 0 atom stereocenters. The fraction of sp³-hybridized carbons (Fsp3) is 0. The van der Waals surface area contributed by atoms with Crippen molar-refractivity contribution in [3.63, 3.8) is 0 Å². The van der Waals surface area contributed by atoms with Crippen LogP contribution in [0.2, 0.25) is 0 Å². The highest BCUT2D eigenvalue weighted by Crippen LogP contribution is 2.41. The summed E-state index contributed by atoms with van der Waals surface area (Å²) in [6.45, 7) is 0. The molecule has 0 saturated carbocycles. The zero-order valence-electron chi connectivity index (χ0n) is 56.5. The van der Waals surface area contributed by atoms with E-state index >= 15 is 0 Å². The van der Waals surface area contributed by atoms with Crippen molar-refractivity contribution in [2.45, 2.75) is 0 Å². The molecule has 18 rings (SSSR count). The van der Waals surface area contributed by atoms with Gasteiger partial charge in [-0.15, -0.1) is 0 Å². The topological polar surface area (TPSA) is 103 Å². The molecule has 0 aliphatic heterocycles. The van der Waals surface area contributed by atoms with E-state index in [9.17, 15) is 0 Å². The SMILES string of the molecule is c1ccc(-c2cc(-c3ccc(-c4ccc(-c5ccc(-c6nc(-c7ccccc7)nc(-c7ccccc7)n6)cc5)c5ccccc45)cc3)cc(-c3ccccc3)n2)cc1.c1ccc(-c2nc(-c3ccccc3)nc(-c3ccc(-c4ccc(-c5ccc(-c6ccncc6)cc5)c5ccccc45)cc3)n2)cc1. The first-order chi connectivity index (χ1) is 51.5. The first-order valence-corrected chi connectivity index (χ1v) is 34.8. The zero-order valence-corrected chi connectivity index (χ0v) is 56.5. The Hall–Kier alpha value is -14.1. The first kappa shape index (κ1) is 63.4. The van der Waals surface area contributed by atoms with E-state index in [2.05, 4.69) is 236 Å². The minimum absolute atomic E-state index is 0.641. The van der Waals surface area contributed by atoms with Crippen molar-refractivity contribution >= 4 is 21.5 Å². The van der Waals surface area contributed by atoms with E-state index in [1.165, 1.54) is 60.5 Å². The lowest BCUT2D eigenvalue weighted by Gasteiger charge is -2.14. The maximum atomic E-state index is 5.07. The second-order valence-electron chi connectivity index (χ2n) is 25.4. The third-order valence-corrected chi connectivity index (χ3v) is 18.9. The van der Waals surface area contributed by atoms with E-state index in [0.29, 0.717) is 34.9 Å². The summed E-state index contributed by atoms with van der Waals surface area (Å²) in [4.78, 5) is 38.6. The van der Waals surface area contributed by atoms with Gasteiger partial charge in [0, 0.05) is 56.9 Å². The molecule has 0 bridgehead atoms. The van der Waals surface area contributed by atoms with Gasteiger partial charge in [0.15, 0.2) is 34.9 Å². The first-order valence-electron chi connectivity index (χ1n) is 34.8. The Morgan fingerprint density at radius 1 is 0.135 bits per heavy atom. The quantitative estimate of drug-likeness (QED) is 0.106. The van der Waals surface area contributed by atoms with Crippen molar-refractivity contribution in [1.82, 2.24) is 39.9 Å². The fourth-order valence-electron chi connectivity index (χ4n) is 13.5. The summed E-state index contributed by atoms with van der Waals surface area (Å²) in [5.74, 6) is 3.90. The lowest BCUT2D eigenvalue weighted by Crippen LogP contribution is -2.00. The largest absolute Gasteiger partial charge is 0.265 e. The summed E-state index contributed by atoms with van der Waals surface area (Å²) >= 11 is 0. The molecule has 0 saturated heterocycles. The van der Waals surface area contributed by atoms with E-state index in [1.54, 1.807) is 0 Å². The molecule has 0 amide bonds. The van der Waals surface area contributed by atoms with Crippen LogP contribution < -0.4 is 0 Å². The average molecular weight is 1330 g/mol. The van der Waals surface area contributed by atoms with Crippen molar-refractivity contribution < 1.29 is 0 Å². The molecule has 18 aromatic rings. The summed E-state index contributed by atoms with van der Waals surface area (Å²) in [5, 5.41) is 4.84. The molecule has 0 radical (unpaired) electrons. The van der Waals surface area contributed by atoms with Crippen LogP contribution in [0.5, 0.6) is 0 Å². The molecule has 14 aromatic carbocycles. The number of pyridine rings is 2. The van der Waals surface area contributed by atoms with Gasteiger partial charge in [-0.1, -0.05) is 352 Å². The highest BCUT2D eigenvalue weighted by Gasteiger charge is 2.18. The van der Waals surface area contributed by atoms with Crippen molar-refractivity contribution in [3.05, 3.63) is 389 Å². The van der Waals surface area contributed by atoms with Gasteiger partial charge >= 0.3 is 0 Å². The number of aromatic nitrogens is 8. The minimum Gasteiger partial charge on any atom is -0.265 e. The lowest BCUT2D eigenvalue weighted by molar-refractivity contribution is 1.07. The van der Waals surface area contributed by atoms with Gasteiger partial charge in [0.1, 0.15) is 0 Å². The van der Waals surface area contributed by atoms with Crippen LogP contribution in [0.3, 0.4) is 0 Å². The number of rotatable bonds is 14. The highest BCUT2D eigenvalue weighted by molar-refractivity contribution is 6.06. The van der Waals surface area contributed by atoms with Crippen molar-refractivity contribution in [2.24, 2.45) is 0 Å². The molecule has 488 valence electrons. The smallest absolute Gasteiger partial charge is 0.164 e. The van der Waals surface area contributed by atoms with Crippen LogP contribution in [0.25, 0.3) is 179 Å². The predicted molar refractivity (Wildman–Crippen MR) is 426 cm³/mol. The van der Waals surface area contributed by atoms with Crippen LogP contribution in [0, 0.1) is 0 Å². The molecule has 0 unspecified atom stereocenters. The summed E-state index contributed by atoms with van der Waals surface area (Å²) in [5.41, 5.74) is 23.8. The molecule has 4 heterocycles. The molecule has 4 aromatic heterocycles. The number of nitrogens with zero attached hydrogens (tertiary/aromatic N) is 8. The molecule has 0 aliphatic rings. The summed E-state index contributed by atoms with van der Waals surface area (Å²) in [7, 11) is 0. The molecule has 8 heteroatoms. The monoisotopic (exact) mass is 1330 g/mol. The third kappa shape index (κ3) is 13.5. The van der Waals surface area contributed by atoms with Gasteiger partial charge in [0.25, 0.3) is 0 Å². The number of hydrogen-bond donors (Lipinski definition) is 0. The molecule has 8 nitrogen and oxygen atoms in total. The van der Waals surface area contributed by atoms with Gasteiger partial charge < -0.3 is 0 Å². The molecular weight excluding hydrogens is 1270 g/mol. The Bertz CT molecular complexity index is 5630. The van der Waals surface area contributed by atoms with Crippen molar-refractivity contribution in [3.8, 4) is 158 Å². The minimum atomic E-state index is 0.641. The van der Waals surface area contributed by atoms with Gasteiger partial charge in [-0.3, -0.25) is 4.98 Å². The predicted octanol–water partition coefficient (Wildman–Crippen LogP) is 24.2. The molecule has 104 heavy (non-hydrogen) atoms. The van der Waals surface area contributed by atoms with Crippen LogP contribution >= 0.6 is 0 Å². The Labute approximate surface area is 603 Å². The molecule has 0 fully saturated rings. The van der Waals surface area contributed by atoms with E-state index in [-0.39, 0.29) is 0 Å². The van der Waals surface area contributed by atoms with Crippen LogP contribution in [0.15, 0.2) is 389 Å². The second kappa shape index (κ2) is 29.0. The fourth-order valence-corrected chi connectivity index (χ4v) is 13.5. The number of fused-ring (bicyclic) bond motifs is 2. The van der Waals surface area contributed by atoms with Gasteiger partial charge in [-0.25, -0.2) is 34.9 Å².